The van der Waals surface area contributed by atoms with Crippen molar-refractivity contribution in [2.75, 3.05) is 18.0 Å². The minimum atomic E-state index is 0.733. The van der Waals surface area contributed by atoms with Crippen LogP contribution < -0.4 is 4.90 Å². The lowest BCUT2D eigenvalue weighted by Gasteiger charge is -2.32. The summed E-state index contributed by atoms with van der Waals surface area (Å²) in [6.07, 6.45) is 3.52. The fourth-order valence-electron chi connectivity index (χ4n) is 4.13. The second-order valence-corrected chi connectivity index (χ2v) is 7.44. The van der Waals surface area contributed by atoms with Gasteiger partial charge < -0.3 is 4.90 Å². The molecule has 1 aliphatic rings. The number of rotatable bonds is 3. The number of aromatic nitrogens is 4. The van der Waals surface area contributed by atoms with Crippen molar-refractivity contribution in [3.63, 3.8) is 0 Å². The predicted octanol–water partition coefficient (Wildman–Crippen LogP) is 4.05. The lowest BCUT2D eigenvalue weighted by Crippen LogP contribution is -2.36. The van der Waals surface area contributed by atoms with E-state index in [0.29, 0.717) is 0 Å². The van der Waals surface area contributed by atoms with Gasteiger partial charge in [-0.25, -0.2) is 9.97 Å². The Bertz CT molecular complexity index is 1080. The van der Waals surface area contributed by atoms with Gasteiger partial charge in [0.2, 0.25) is 5.95 Å². The molecule has 0 bridgehead atoms. The van der Waals surface area contributed by atoms with Crippen LogP contribution in [0.25, 0.3) is 16.6 Å². The number of aryl methyl sites for hydroxylation is 1. The first-order valence-corrected chi connectivity index (χ1v) is 9.69. The minimum Gasteiger partial charge on any atom is -0.341 e. The molecule has 1 aliphatic heterocycles. The molecule has 27 heavy (non-hydrogen) atoms. The van der Waals surface area contributed by atoms with Crippen LogP contribution in [0.15, 0.2) is 54.6 Å². The van der Waals surface area contributed by atoms with Gasteiger partial charge in [0.15, 0.2) is 5.65 Å². The van der Waals surface area contributed by atoms with E-state index in [1.54, 1.807) is 0 Å². The van der Waals surface area contributed by atoms with Crippen LogP contribution in [-0.2, 0) is 6.42 Å². The van der Waals surface area contributed by atoms with Crippen molar-refractivity contribution in [1.82, 2.24) is 19.6 Å². The second-order valence-electron chi connectivity index (χ2n) is 7.44. The zero-order valence-corrected chi connectivity index (χ0v) is 15.5. The third-order valence-corrected chi connectivity index (χ3v) is 5.53. The third-order valence-electron chi connectivity index (χ3n) is 5.53. The number of piperidine rings is 1. The summed E-state index contributed by atoms with van der Waals surface area (Å²) in [5, 5.41) is 5.68. The van der Waals surface area contributed by atoms with Crippen LogP contribution in [-0.4, -0.2) is 32.7 Å². The molecule has 3 heterocycles. The molecule has 0 aliphatic carbocycles. The van der Waals surface area contributed by atoms with Gasteiger partial charge in [-0.1, -0.05) is 42.5 Å². The molecule has 2 aromatic heterocycles. The van der Waals surface area contributed by atoms with Crippen molar-refractivity contribution in [3.05, 3.63) is 66.0 Å². The van der Waals surface area contributed by atoms with E-state index < -0.39 is 0 Å². The van der Waals surface area contributed by atoms with Crippen LogP contribution in [0.3, 0.4) is 0 Å². The zero-order chi connectivity index (χ0) is 18.2. The Kier molecular flexibility index (Phi) is 4.00. The van der Waals surface area contributed by atoms with Crippen molar-refractivity contribution in [2.45, 2.75) is 26.2 Å². The van der Waals surface area contributed by atoms with E-state index in [-0.39, 0.29) is 0 Å². The molecular formula is C22H23N5. The molecule has 5 rings (SSSR count). The largest absolute Gasteiger partial charge is 0.341 e. The number of anilines is 1. The molecule has 0 unspecified atom stereocenters. The number of hydrogen-bond acceptors (Lipinski definition) is 4. The summed E-state index contributed by atoms with van der Waals surface area (Å²) >= 11 is 0. The van der Waals surface area contributed by atoms with Gasteiger partial charge in [0.1, 0.15) is 5.82 Å². The molecule has 0 saturated carbocycles. The summed E-state index contributed by atoms with van der Waals surface area (Å²) in [7, 11) is 0. The van der Waals surface area contributed by atoms with Crippen LogP contribution in [0.5, 0.6) is 0 Å². The van der Waals surface area contributed by atoms with E-state index in [1.165, 1.54) is 18.4 Å². The minimum absolute atomic E-state index is 0.733. The van der Waals surface area contributed by atoms with E-state index in [1.807, 2.05) is 23.6 Å². The molecule has 0 atom stereocenters. The Morgan fingerprint density at radius 3 is 2.48 bits per heavy atom. The quantitative estimate of drug-likeness (QED) is 0.555. The predicted molar refractivity (Wildman–Crippen MR) is 108 cm³/mol. The van der Waals surface area contributed by atoms with Crippen LogP contribution >= 0.6 is 0 Å². The van der Waals surface area contributed by atoms with E-state index in [2.05, 4.69) is 57.4 Å². The molecule has 0 radical (unpaired) electrons. The highest BCUT2D eigenvalue weighted by Gasteiger charge is 2.23. The SMILES string of the molecule is Cc1nc2c3ccccc3nc(N3CCC(Cc4ccccc4)CC3)n2n1. The number of benzene rings is 2. The van der Waals surface area contributed by atoms with Crippen molar-refractivity contribution >= 4 is 22.5 Å². The topological polar surface area (TPSA) is 46.3 Å². The van der Waals surface area contributed by atoms with E-state index >= 15 is 0 Å². The number of fused-ring (bicyclic) bond motifs is 3. The smallest absolute Gasteiger partial charge is 0.229 e. The summed E-state index contributed by atoms with van der Waals surface area (Å²) in [5.74, 6) is 2.44. The maximum Gasteiger partial charge on any atom is 0.229 e. The Balaban J connectivity index is 1.42. The summed E-state index contributed by atoms with van der Waals surface area (Å²) in [6, 6.07) is 19.0. The van der Waals surface area contributed by atoms with Crippen LogP contribution in [0.2, 0.25) is 0 Å². The number of hydrogen-bond donors (Lipinski definition) is 0. The summed E-state index contributed by atoms with van der Waals surface area (Å²) in [5.41, 5.74) is 3.33. The molecule has 1 saturated heterocycles. The summed E-state index contributed by atoms with van der Waals surface area (Å²) in [4.78, 5) is 12.0. The van der Waals surface area contributed by atoms with E-state index in [9.17, 15) is 0 Å². The molecule has 5 nitrogen and oxygen atoms in total. The van der Waals surface area contributed by atoms with Gasteiger partial charge >= 0.3 is 0 Å². The number of nitrogens with zero attached hydrogens (tertiary/aromatic N) is 5. The average Bonchev–Trinajstić information content (AvgIpc) is 3.10. The van der Waals surface area contributed by atoms with Gasteiger partial charge in [-0.3, -0.25) is 0 Å². The highest BCUT2D eigenvalue weighted by molar-refractivity contribution is 5.92. The lowest BCUT2D eigenvalue weighted by molar-refractivity contribution is 0.399. The average molecular weight is 357 g/mol. The first kappa shape index (κ1) is 16.2. The van der Waals surface area contributed by atoms with E-state index in [4.69, 9.17) is 4.98 Å². The van der Waals surface area contributed by atoms with Crippen molar-refractivity contribution < 1.29 is 0 Å². The van der Waals surface area contributed by atoms with E-state index in [0.717, 1.165) is 53.8 Å². The van der Waals surface area contributed by atoms with Crippen LogP contribution in [0, 0.1) is 12.8 Å². The first-order chi connectivity index (χ1) is 13.3. The molecule has 0 spiro atoms. The Morgan fingerprint density at radius 2 is 1.67 bits per heavy atom. The maximum absolute atomic E-state index is 4.94. The third kappa shape index (κ3) is 3.03. The summed E-state index contributed by atoms with van der Waals surface area (Å²) in [6.45, 7) is 3.96. The van der Waals surface area contributed by atoms with Crippen LogP contribution in [0.1, 0.15) is 24.2 Å². The van der Waals surface area contributed by atoms with Crippen LogP contribution in [0.4, 0.5) is 5.95 Å². The molecule has 0 N–H and O–H groups in total. The van der Waals surface area contributed by atoms with Crippen molar-refractivity contribution in [3.8, 4) is 0 Å². The second kappa shape index (κ2) is 6.65. The zero-order valence-electron chi connectivity index (χ0n) is 15.5. The van der Waals surface area contributed by atoms with Gasteiger partial charge in [-0.15, -0.1) is 5.10 Å². The molecule has 0 amide bonds. The Labute approximate surface area is 158 Å². The normalized spacial score (nSPS) is 15.7. The number of para-hydroxylation sites is 1. The standard InChI is InChI=1S/C22H23N5/c1-16-23-21-19-9-5-6-10-20(19)24-22(27(21)25-16)26-13-11-18(12-14-26)15-17-7-3-2-4-8-17/h2-10,18H,11-15H2,1H3. The monoisotopic (exact) mass is 357 g/mol. The van der Waals surface area contributed by atoms with Crippen molar-refractivity contribution in [2.24, 2.45) is 5.92 Å². The van der Waals surface area contributed by atoms with Gasteiger partial charge in [0, 0.05) is 18.5 Å². The van der Waals surface area contributed by atoms with Gasteiger partial charge in [-0.2, -0.15) is 4.52 Å². The maximum atomic E-state index is 4.94. The first-order valence-electron chi connectivity index (χ1n) is 9.69. The molecule has 136 valence electrons. The molecular weight excluding hydrogens is 334 g/mol. The molecule has 2 aromatic carbocycles. The molecule has 5 heteroatoms. The fourth-order valence-corrected chi connectivity index (χ4v) is 4.13. The van der Waals surface area contributed by atoms with Crippen molar-refractivity contribution in [1.29, 1.82) is 0 Å². The highest BCUT2D eigenvalue weighted by Crippen LogP contribution is 2.27. The Morgan fingerprint density at radius 1 is 0.926 bits per heavy atom. The Hall–Kier alpha value is -2.95. The van der Waals surface area contributed by atoms with Gasteiger partial charge in [0.05, 0.1) is 5.52 Å². The highest BCUT2D eigenvalue weighted by atomic mass is 15.4. The van der Waals surface area contributed by atoms with Gasteiger partial charge in [0.25, 0.3) is 0 Å². The summed E-state index contributed by atoms with van der Waals surface area (Å²) < 4.78 is 1.93. The fraction of sp³-hybridized carbons (Fsp3) is 0.318. The molecule has 4 aromatic rings. The van der Waals surface area contributed by atoms with Gasteiger partial charge in [-0.05, 0) is 49.8 Å². The molecule has 1 fully saturated rings. The lowest BCUT2D eigenvalue weighted by atomic mass is 9.90.